The number of rotatable bonds is 4. The van der Waals surface area contributed by atoms with Crippen LogP contribution in [0.5, 0.6) is 0 Å². The highest BCUT2D eigenvalue weighted by Gasteiger charge is 2.01. The maximum Gasteiger partial charge on any atom is 0.309 e. The quantitative estimate of drug-likeness (QED) is 0.574. The fourth-order valence-corrected chi connectivity index (χ4v) is 1.52. The number of nitrogens with zero attached hydrogens (tertiary/aromatic N) is 1. The molecule has 0 saturated carbocycles. The summed E-state index contributed by atoms with van der Waals surface area (Å²) in [5.41, 5.74) is 2.39. The van der Waals surface area contributed by atoms with Gasteiger partial charge >= 0.3 is 5.97 Å². The van der Waals surface area contributed by atoms with Crippen molar-refractivity contribution in [1.82, 2.24) is 0 Å². The minimum Gasteiger partial charge on any atom is -0.466 e. The molecule has 0 N–H and O–H groups in total. The Hall–Kier alpha value is -1.64. The van der Waals surface area contributed by atoms with E-state index in [1.807, 2.05) is 37.0 Å². The highest BCUT2D eigenvalue weighted by atomic mass is 16.5. The molecule has 0 aliphatic carbocycles. The predicted octanol–water partition coefficient (Wildman–Crippen LogP) is 2.01. The second kappa shape index (κ2) is 6.05. The van der Waals surface area contributed by atoms with Gasteiger partial charge in [-0.3, -0.25) is 4.79 Å². The summed E-state index contributed by atoms with van der Waals surface area (Å²) in [6, 6.07) is 2.11. The third-order valence-electron chi connectivity index (χ3n) is 2.03. The number of aromatic nitrogens is 1. The van der Waals surface area contributed by atoms with Crippen LogP contribution in [-0.2, 0) is 9.53 Å². The van der Waals surface area contributed by atoms with Crippen molar-refractivity contribution in [2.45, 2.75) is 27.2 Å². The first-order valence-electron chi connectivity index (χ1n) is 5.43. The molecular weight excluding hydrogens is 202 g/mol. The Kier molecular flexibility index (Phi) is 4.70. The van der Waals surface area contributed by atoms with Gasteiger partial charge in [0.05, 0.1) is 13.0 Å². The van der Waals surface area contributed by atoms with E-state index >= 15 is 0 Å². The second-order valence-corrected chi connectivity index (χ2v) is 3.73. The molecule has 0 radical (unpaired) electrons. The third-order valence-corrected chi connectivity index (χ3v) is 2.03. The molecule has 16 heavy (non-hydrogen) atoms. The van der Waals surface area contributed by atoms with Gasteiger partial charge in [0.15, 0.2) is 18.6 Å². The van der Waals surface area contributed by atoms with E-state index in [2.05, 4.69) is 6.07 Å². The molecule has 0 spiro atoms. The standard InChI is InChI=1S/C13H18NO2/c1-4-16-13(15)6-5-7-14-9-11(2)8-12(3)10-14/h5,7-10H,4,6H2,1-3H3/q+1/b7-5+. The molecule has 3 nitrogen and oxygen atoms in total. The van der Waals surface area contributed by atoms with Crippen LogP contribution >= 0.6 is 0 Å². The van der Waals surface area contributed by atoms with E-state index in [4.69, 9.17) is 4.74 Å². The number of ether oxygens (including phenoxy) is 1. The Morgan fingerprint density at radius 2 is 2.00 bits per heavy atom. The largest absolute Gasteiger partial charge is 0.466 e. The van der Waals surface area contributed by atoms with E-state index in [-0.39, 0.29) is 5.97 Å². The summed E-state index contributed by atoms with van der Waals surface area (Å²) in [6.07, 6.45) is 8.00. The zero-order chi connectivity index (χ0) is 12.0. The van der Waals surface area contributed by atoms with Crippen LogP contribution in [0.15, 0.2) is 24.5 Å². The number of esters is 1. The third kappa shape index (κ3) is 4.26. The van der Waals surface area contributed by atoms with Gasteiger partial charge < -0.3 is 4.74 Å². The lowest BCUT2D eigenvalue weighted by Crippen LogP contribution is -2.25. The fraction of sp³-hybridized carbons (Fsp3) is 0.385. The van der Waals surface area contributed by atoms with E-state index in [1.165, 1.54) is 11.1 Å². The highest BCUT2D eigenvalue weighted by Crippen LogP contribution is 1.97. The maximum atomic E-state index is 11.1. The number of aryl methyl sites for hydroxylation is 2. The normalized spacial score (nSPS) is 10.7. The summed E-state index contributed by atoms with van der Waals surface area (Å²) in [4.78, 5) is 11.1. The summed E-state index contributed by atoms with van der Waals surface area (Å²) in [5.74, 6) is -0.191. The van der Waals surface area contributed by atoms with Gasteiger partial charge in [0.25, 0.3) is 0 Å². The predicted molar refractivity (Wildman–Crippen MR) is 62.7 cm³/mol. The Labute approximate surface area is 96.4 Å². The average Bonchev–Trinajstić information content (AvgIpc) is 2.16. The van der Waals surface area contributed by atoms with Crippen LogP contribution in [0.2, 0.25) is 0 Å². The van der Waals surface area contributed by atoms with Gasteiger partial charge in [-0.2, -0.15) is 4.57 Å². The van der Waals surface area contributed by atoms with E-state index < -0.39 is 0 Å². The molecule has 0 aromatic carbocycles. The molecule has 1 rings (SSSR count). The number of hydrogen-bond donors (Lipinski definition) is 0. The molecule has 0 unspecified atom stereocenters. The van der Waals surface area contributed by atoms with Crippen LogP contribution in [0, 0.1) is 13.8 Å². The average molecular weight is 220 g/mol. The zero-order valence-electron chi connectivity index (χ0n) is 10.1. The van der Waals surface area contributed by atoms with Crippen LogP contribution in [0.4, 0.5) is 0 Å². The van der Waals surface area contributed by atoms with Crippen molar-refractivity contribution >= 4 is 12.2 Å². The molecule has 0 aliphatic rings. The Morgan fingerprint density at radius 3 is 2.56 bits per heavy atom. The first-order valence-corrected chi connectivity index (χ1v) is 5.43. The molecule has 86 valence electrons. The summed E-state index contributed by atoms with van der Waals surface area (Å²) >= 11 is 0. The van der Waals surface area contributed by atoms with Crippen LogP contribution in [0.1, 0.15) is 24.5 Å². The summed E-state index contributed by atoms with van der Waals surface area (Å²) < 4.78 is 6.78. The molecule has 0 saturated heterocycles. The maximum absolute atomic E-state index is 11.1. The van der Waals surface area contributed by atoms with Gasteiger partial charge in [0.2, 0.25) is 0 Å². The van der Waals surface area contributed by atoms with Crippen LogP contribution in [-0.4, -0.2) is 12.6 Å². The Morgan fingerprint density at radius 1 is 1.38 bits per heavy atom. The molecule has 1 heterocycles. The van der Waals surface area contributed by atoms with Crippen LogP contribution in [0.3, 0.4) is 0 Å². The van der Waals surface area contributed by atoms with E-state index in [0.717, 1.165) is 0 Å². The van der Waals surface area contributed by atoms with Gasteiger partial charge in [0.1, 0.15) is 0 Å². The Bertz CT molecular complexity index is 377. The molecule has 0 aliphatic heterocycles. The van der Waals surface area contributed by atoms with Crippen molar-refractivity contribution in [3.8, 4) is 0 Å². The molecule has 0 fully saturated rings. The van der Waals surface area contributed by atoms with E-state index in [0.29, 0.717) is 13.0 Å². The van der Waals surface area contributed by atoms with Crippen LogP contribution in [0.25, 0.3) is 6.20 Å². The van der Waals surface area contributed by atoms with Crippen molar-refractivity contribution in [1.29, 1.82) is 0 Å². The molecule has 1 aromatic heterocycles. The van der Waals surface area contributed by atoms with Crippen LogP contribution < -0.4 is 4.57 Å². The lowest BCUT2D eigenvalue weighted by Gasteiger charge is -1.96. The van der Waals surface area contributed by atoms with Crippen molar-refractivity contribution in [2.75, 3.05) is 6.61 Å². The van der Waals surface area contributed by atoms with Crippen molar-refractivity contribution in [3.05, 3.63) is 35.7 Å². The van der Waals surface area contributed by atoms with Crippen molar-refractivity contribution in [3.63, 3.8) is 0 Å². The Balaban J connectivity index is 2.59. The number of carbonyl (C=O) groups is 1. The minimum absolute atomic E-state index is 0.191. The monoisotopic (exact) mass is 220 g/mol. The fourth-order valence-electron chi connectivity index (χ4n) is 1.52. The summed E-state index contributed by atoms with van der Waals surface area (Å²) in [5, 5.41) is 0. The van der Waals surface area contributed by atoms with E-state index in [1.54, 1.807) is 13.0 Å². The lowest BCUT2D eigenvalue weighted by molar-refractivity contribution is -0.569. The molecule has 1 aromatic rings. The van der Waals surface area contributed by atoms with Gasteiger partial charge in [-0.15, -0.1) is 0 Å². The zero-order valence-corrected chi connectivity index (χ0v) is 10.1. The smallest absolute Gasteiger partial charge is 0.309 e. The molecule has 3 heteroatoms. The lowest BCUT2D eigenvalue weighted by atomic mass is 10.2. The topological polar surface area (TPSA) is 30.2 Å². The van der Waals surface area contributed by atoms with Gasteiger partial charge in [-0.1, -0.05) is 0 Å². The number of pyridine rings is 1. The molecular formula is C13H18NO2+. The first kappa shape index (κ1) is 12.4. The van der Waals surface area contributed by atoms with E-state index in [9.17, 15) is 4.79 Å². The van der Waals surface area contributed by atoms with Gasteiger partial charge in [-0.25, -0.2) is 0 Å². The SMILES string of the molecule is CCOC(=O)C/C=C/[n+]1cc(C)cc(C)c1. The van der Waals surface area contributed by atoms with Crippen molar-refractivity contribution in [2.24, 2.45) is 0 Å². The summed E-state index contributed by atoms with van der Waals surface area (Å²) in [7, 11) is 0. The minimum atomic E-state index is -0.191. The molecule has 0 atom stereocenters. The van der Waals surface area contributed by atoms with Gasteiger partial charge in [-0.05, 0) is 32.9 Å². The molecule has 0 amide bonds. The second-order valence-electron chi connectivity index (χ2n) is 3.73. The number of hydrogen-bond acceptors (Lipinski definition) is 2. The summed E-state index contributed by atoms with van der Waals surface area (Å²) in [6.45, 7) is 6.33. The molecule has 0 bridgehead atoms. The van der Waals surface area contributed by atoms with Crippen molar-refractivity contribution < 1.29 is 14.1 Å². The van der Waals surface area contributed by atoms with Gasteiger partial charge in [0, 0.05) is 11.1 Å². The first-order chi connectivity index (χ1) is 7.61. The number of carbonyl (C=O) groups excluding carboxylic acids is 1. The highest BCUT2D eigenvalue weighted by molar-refractivity contribution is 5.71.